The number of ketones is 1. The normalized spacial score (nSPS) is 18.9. The van der Waals surface area contributed by atoms with E-state index in [-0.39, 0.29) is 6.42 Å². The topological polar surface area (TPSA) is 90.9 Å². The van der Waals surface area contributed by atoms with Crippen molar-refractivity contribution in [3.63, 3.8) is 0 Å². The van der Waals surface area contributed by atoms with E-state index in [9.17, 15) is 14.4 Å². The first-order valence-corrected chi connectivity index (χ1v) is 7.42. The summed E-state index contributed by atoms with van der Waals surface area (Å²) < 4.78 is 15.5. The van der Waals surface area contributed by atoms with E-state index in [1.54, 1.807) is 27.7 Å². The third kappa shape index (κ3) is 6.11. The molecule has 120 valence electrons. The van der Waals surface area contributed by atoms with Crippen molar-refractivity contribution in [2.75, 3.05) is 13.2 Å². The monoisotopic (exact) mass is 365 g/mol. The highest BCUT2D eigenvalue weighted by molar-refractivity contribution is 9.10. The van der Waals surface area contributed by atoms with Crippen LogP contribution in [0.1, 0.15) is 34.1 Å². The smallest absolute Gasteiger partial charge is 0.414 e. The van der Waals surface area contributed by atoms with Crippen molar-refractivity contribution < 1.29 is 28.6 Å². The molecule has 2 amide bonds. The molecule has 1 aliphatic heterocycles. The number of rotatable bonds is 4. The predicted molar refractivity (Wildman–Crippen MR) is 77.0 cm³/mol. The van der Waals surface area contributed by atoms with Gasteiger partial charge in [-0.05, 0) is 27.7 Å². The summed E-state index contributed by atoms with van der Waals surface area (Å²) in [6, 6.07) is 0. The van der Waals surface area contributed by atoms with Gasteiger partial charge in [-0.3, -0.25) is 14.9 Å². The first-order valence-electron chi connectivity index (χ1n) is 6.51. The van der Waals surface area contributed by atoms with Crippen LogP contribution < -0.4 is 5.32 Å². The lowest BCUT2D eigenvalue weighted by Crippen LogP contribution is -2.44. The SMILES string of the molecule is CC(C)(C)OC(=O)NC(=O)C(Br)C(=O)CC1(C)OCCO1. The van der Waals surface area contributed by atoms with Crippen LogP contribution in [0, 0.1) is 0 Å². The second-order valence-corrected chi connectivity index (χ2v) is 6.74. The van der Waals surface area contributed by atoms with Crippen LogP contribution >= 0.6 is 15.9 Å². The molecule has 1 heterocycles. The molecule has 0 aliphatic carbocycles. The van der Waals surface area contributed by atoms with Crippen molar-refractivity contribution in [2.24, 2.45) is 0 Å². The maximum Gasteiger partial charge on any atom is 0.414 e. The van der Waals surface area contributed by atoms with Gasteiger partial charge in [-0.1, -0.05) is 15.9 Å². The number of amides is 2. The van der Waals surface area contributed by atoms with E-state index < -0.39 is 34.0 Å². The van der Waals surface area contributed by atoms with Crippen molar-refractivity contribution in [1.82, 2.24) is 5.32 Å². The van der Waals surface area contributed by atoms with Gasteiger partial charge in [0, 0.05) is 0 Å². The van der Waals surface area contributed by atoms with Crippen LogP contribution in [0.15, 0.2) is 0 Å². The maximum absolute atomic E-state index is 12.0. The summed E-state index contributed by atoms with van der Waals surface area (Å²) in [4.78, 5) is 34.1. The van der Waals surface area contributed by atoms with Gasteiger partial charge in [-0.15, -0.1) is 0 Å². The fraction of sp³-hybridized carbons (Fsp3) is 0.769. The number of ether oxygens (including phenoxy) is 3. The molecule has 1 aliphatic rings. The maximum atomic E-state index is 12.0. The molecule has 0 bridgehead atoms. The zero-order chi connectivity index (χ0) is 16.3. The Bertz CT molecular complexity index is 425. The Morgan fingerprint density at radius 3 is 2.29 bits per heavy atom. The number of alkyl halides is 1. The standard InChI is InChI=1S/C13H20BrNO6/c1-12(2,3)21-11(18)15-10(17)9(14)8(16)7-13(4)19-5-6-20-13/h9H,5-7H2,1-4H3,(H,15,17,18). The molecule has 0 saturated carbocycles. The summed E-state index contributed by atoms with van der Waals surface area (Å²) in [6.45, 7) is 7.45. The van der Waals surface area contributed by atoms with E-state index in [0.29, 0.717) is 13.2 Å². The van der Waals surface area contributed by atoms with Gasteiger partial charge in [0.05, 0.1) is 19.6 Å². The third-order valence-corrected chi connectivity index (χ3v) is 3.46. The number of Topliss-reactive ketones (excluding diaryl/α,β-unsaturated/α-hetero) is 1. The van der Waals surface area contributed by atoms with Crippen molar-refractivity contribution in [3.8, 4) is 0 Å². The Kier molecular flexibility index (Phi) is 5.89. The molecule has 1 rings (SSSR count). The highest BCUT2D eigenvalue weighted by atomic mass is 79.9. The number of imide groups is 1. The van der Waals surface area contributed by atoms with Gasteiger partial charge in [0.2, 0.25) is 0 Å². The van der Waals surface area contributed by atoms with Crippen molar-refractivity contribution in [2.45, 2.75) is 50.3 Å². The van der Waals surface area contributed by atoms with Crippen LogP contribution in [0.2, 0.25) is 0 Å². The van der Waals surface area contributed by atoms with Gasteiger partial charge in [0.1, 0.15) is 5.60 Å². The van der Waals surface area contributed by atoms with Crippen molar-refractivity contribution >= 4 is 33.7 Å². The van der Waals surface area contributed by atoms with Crippen LogP contribution in [-0.2, 0) is 23.8 Å². The fourth-order valence-corrected chi connectivity index (χ4v) is 1.96. The number of carbonyl (C=O) groups excluding carboxylic acids is 3. The molecule has 1 N–H and O–H groups in total. The lowest BCUT2D eigenvalue weighted by molar-refractivity contribution is -0.158. The molecule has 0 aromatic carbocycles. The summed E-state index contributed by atoms with van der Waals surface area (Å²) >= 11 is 2.97. The molecule has 1 fully saturated rings. The van der Waals surface area contributed by atoms with Crippen LogP contribution in [0.3, 0.4) is 0 Å². The Balaban J connectivity index is 2.50. The third-order valence-electron chi connectivity index (χ3n) is 2.53. The number of halogens is 1. The highest BCUT2D eigenvalue weighted by Gasteiger charge is 2.37. The first kappa shape index (κ1) is 18.1. The fourth-order valence-electron chi connectivity index (χ4n) is 1.68. The molecule has 1 unspecified atom stereocenters. The lowest BCUT2D eigenvalue weighted by Gasteiger charge is -2.22. The number of hydrogen-bond donors (Lipinski definition) is 1. The van der Waals surface area contributed by atoms with Gasteiger partial charge in [-0.2, -0.15) is 0 Å². The number of hydrogen-bond acceptors (Lipinski definition) is 6. The number of alkyl carbamates (subject to hydrolysis) is 1. The molecular weight excluding hydrogens is 346 g/mol. The van der Waals surface area contributed by atoms with Crippen LogP contribution in [0.5, 0.6) is 0 Å². The average molecular weight is 366 g/mol. The number of carbonyl (C=O) groups is 3. The molecule has 1 saturated heterocycles. The molecule has 8 heteroatoms. The first-order chi connectivity index (χ1) is 9.52. The lowest BCUT2D eigenvalue weighted by atomic mass is 10.1. The van der Waals surface area contributed by atoms with Crippen LogP contribution in [0.25, 0.3) is 0 Å². The predicted octanol–water partition coefficient (Wildman–Crippen LogP) is 1.52. The summed E-state index contributed by atoms with van der Waals surface area (Å²) in [5.41, 5.74) is -0.727. The van der Waals surface area contributed by atoms with Gasteiger partial charge in [-0.25, -0.2) is 4.79 Å². The molecular formula is C13H20BrNO6. The molecule has 0 spiro atoms. The van der Waals surface area contributed by atoms with E-state index in [1.165, 1.54) is 0 Å². The Hall–Kier alpha value is -0.990. The summed E-state index contributed by atoms with van der Waals surface area (Å²) in [7, 11) is 0. The Morgan fingerprint density at radius 2 is 1.81 bits per heavy atom. The summed E-state index contributed by atoms with van der Waals surface area (Å²) in [5, 5.41) is 2.01. The van der Waals surface area contributed by atoms with E-state index in [1.807, 2.05) is 5.32 Å². The zero-order valence-electron chi connectivity index (χ0n) is 12.5. The minimum atomic E-state index is -1.17. The molecule has 0 radical (unpaired) electrons. The Labute approximate surface area is 131 Å². The highest BCUT2D eigenvalue weighted by Crippen LogP contribution is 2.24. The van der Waals surface area contributed by atoms with Crippen molar-refractivity contribution in [1.29, 1.82) is 0 Å². The second kappa shape index (κ2) is 6.85. The van der Waals surface area contributed by atoms with Crippen LogP contribution in [0.4, 0.5) is 4.79 Å². The average Bonchev–Trinajstić information content (AvgIpc) is 2.71. The summed E-state index contributed by atoms with van der Waals surface area (Å²) in [5.74, 6) is -2.24. The molecule has 1 atom stereocenters. The molecule has 0 aromatic heterocycles. The molecule has 7 nitrogen and oxygen atoms in total. The van der Waals surface area contributed by atoms with Gasteiger partial charge in [0.25, 0.3) is 5.91 Å². The van der Waals surface area contributed by atoms with Gasteiger partial charge < -0.3 is 14.2 Å². The van der Waals surface area contributed by atoms with Crippen molar-refractivity contribution in [3.05, 3.63) is 0 Å². The van der Waals surface area contributed by atoms with E-state index >= 15 is 0 Å². The zero-order valence-corrected chi connectivity index (χ0v) is 14.1. The van der Waals surface area contributed by atoms with Crippen LogP contribution in [-0.4, -0.2) is 47.2 Å². The molecule has 0 aromatic rings. The van der Waals surface area contributed by atoms with E-state index in [2.05, 4.69) is 15.9 Å². The molecule has 21 heavy (non-hydrogen) atoms. The van der Waals surface area contributed by atoms with Gasteiger partial charge in [0.15, 0.2) is 16.4 Å². The quantitative estimate of drug-likeness (QED) is 0.599. The number of nitrogens with one attached hydrogen (secondary N) is 1. The Morgan fingerprint density at radius 1 is 1.29 bits per heavy atom. The second-order valence-electron chi connectivity index (χ2n) is 5.83. The largest absolute Gasteiger partial charge is 0.444 e. The van der Waals surface area contributed by atoms with E-state index in [0.717, 1.165) is 0 Å². The minimum Gasteiger partial charge on any atom is -0.444 e. The van der Waals surface area contributed by atoms with E-state index in [4.69, 9.17) is 14.2 Å². The minimum absolute atomic E-state index is 0.0926. The van der Waals surface area contributed by atoms with Gasteiger partial charge >= 0.3 is 6.09 Å². The summed E-state index contributed by atoms with van der Waals surface area (Å²) in [6.07, 6.45) is -0.991.